The number of nitrogens with one attached hydrogen (secondary N) is 2. The standard InChI is InChI=1S/C25H43N3O/c1-20(2)22-15-18-28(19-16-22)25(29)14-8-12-24(27-21(3)4)13-9-17-26-23-10-6-5-7-11-23/h5-7,10-11,20-22,24,26-27H,8-9,12-19H2,1-4H3. The number of likely N-dealkylation sites (tertiary alicyclic amines) is 1. The van der Waals surface area contributed by atoms with E-state index < -0.39 is 0 Å². The van der Waals surface area contributed by atoms with E-state index in [-0.39, 0.29) is 0 Å². The van der Waals surface area contributed by atoms with Gasteiger partial charge in [-0.1, -0.05) is 45.9 Å². The number of carbonyl (C=O) groups excluding carboxylic acids is 1. The molecular weight excluding hydrogens is 358 g/mol. The lowest BCUT2D eigenvalue weighted by atomic mass is 9.86. The van der Waals surface area contributed by atoms with Gasteiger partial charge in [0.15, 0.2) is 0 Å². The predicted octanol–water partition coefficient (Wildman–Crippen LogP) is 5.31. The van der Waals surface area contributed by atoms with E-state index in [1.807, 2.05) is 6.07 Å². The molecule has 1 saturated heterocycles. The minimum absolute atomic E-state index is 0.362. The SMILES string of the molecule is CC(C)NC(CCCNc1ccccc1)CCCC(=O)N1CCC(C(C)C)CC1. The number of benzene rings is 1. The molecule has 0 radical (unpaired) electrons. The summed E-state index contributed by atoms with van der Waals surface area (Å²) in [6.07, 6.45) is 7.40. The van der Waals surface area contributed by atoms with Gasteiger partial charge in [-0.05, 0) is 62.5 Å². The molecular formula is C25H43N3O. The molecule has 1 heterocycles. The van der Waals surface area contributed by atoms with Crippen LogP contribution in [0.3, 0.4) is 0 Å². The Morgan fingerprint density at radius 3 is 2.31 bits per heavy atom. The van der Waals surface area contributed by atoms with E-state index in [1.165, 1.54) is 18.5 Å². The topological polar surface area (TPSA) is 44.4 Å². The van der Waals surface area contributed by atoms with Gasteiger partial charge >= 0.3 is 0 Å². The van der Waals surface area contributed by atoms with Crippen LogP contribution in [-0.2, 0) is 4.79 Å². The average Bonchev–Trinajstić information content (AvgIpc) is 2.71. The van der Waals surface area contributed by atoms with Gasteiger partial charge in [0.2, 0.25) is 5.91 Å². The van der Waals surface area contributed by atoms with Gasteiger partial charge in [-0.3, -0.25) is 4.79 Å². The number of hydrogen-bond donors (Lipinski definition) is 2. The summed E-state index contributed by atoms with van der Waals surface area (Å²) in [7, 11) is 0. The second kappa shape index (κ2) is 12.9. The summed E-state index contributed by atoms with van der Waals surface area (Å²) in [4.78, 5) is 14.7. The third-order valence-electron chi connectivity index (χ3n) is 6.18. The summed E-state index contributed by atoms with van der Waals surface area (Å²) in [5, 5.41) is 7.19. The van der Waals surface area contributed by atoms with E-state index in [9.17, 15) is 4.79 Å². The summed E-state index contributed by atoms with van der Waals surface area (Å²) in [6, 6.07) is 11.4. The quantitative estimate of drug-likeness (QED) is 0.467. The van der Waals surface area contributed by atoms with Gasteiger partial charge < -0.3 is 15.5 Å². The Morgan fingerprint density at radius 2 is 1.69 bits per heavy atom. The molecule has 29 heavy (non-hydrogen) atoms. The molecule has 0 spiro atoms. The molecule has 1 aromatic carbocycles. The predicted molar refractivity (Wildman–Crippen MR) is 124 cm³/mol. The average molecular weight is 402 g/mol. The van der Waals surface area contributed by atoms with Crippen LogP contribution in [0.25, 0.3) is 0 Å². The zero-order valence-electron chi connectivity index (χ0n) is 19.1. The van der Waals surface area contributed by atoms with E-state index in [0.29, 0.717) is 24.4 Å². The van der Waals surface area contributed by atoms with Crippen molar-refractivity contribution in [2.24, 2.45) is 11.8 Å². The van der Waals surface area contributed by atoms with Crippen molar-refractivity contribution in [3.8, 4) is 0 Å². The van der Waals surface area contributed by atoms with Crippen molar-refractivity contribution in [2.45, 2.75) is 84.7 Å². The number of anilines is 1. The van der Waals surface area contributed by atoms with Gasteiger partial charge in [-0.2, -0.15) is 0 Å². The van der Waals surface area contributed by atoms with Gasteiger partial charge in [0.25, 0.3) is 0 Å². The summed E-state index contributed by atoms with van der Waals surface area (Å²) in [5.41, 5.74) is 1.19. The Morgan fingerprint density at radius 1 is 1.03 bits per heavy atom. The van der Waals surface area contributed by atoms with Crippen molar-refractivity contribution in [2.75, 3.05) is 25.0 Å². The molecule has 1 aliphatic rings. The first-order valence-electron chi connectivity index (χ1n) is 11.8. The zero-order chi connectivity index (χ0) is 21.1. The van der Waals surface area contributed by atoms with Crippen LogP contribution < -0.4 is 10.6 Å². The third-order valence-corrected chi connectivity index (χ3v) is 6.18. The number of piperidine rings is 1. The molecule has 164 valence electrons. The van der Waals surface area contributed by atoms with Gasteiger partial charge in [0.1, 0.15) is 0 Å². The molecule has 1 fully saturated rings. The summed E-state index contributed by atoms with van der Waals surface area (Å²) < 4.78 is 0. The number of rotatable bonds is 12. The molecule has 2 N–H and O–H groups in total. The summed E-state index contributed by atoms with van der Waals surface area (Å²) in [5.74, 6) is 1.90. The maximum atomic E-state index is 12.6. The van der Waals surface area contributed by atoms with Crippen molar-refractivity contribution >= 4 is 11.6 Å². The lowest BCUT2D eigenvalue weighted by Gasteiger charge is -2.34. The molecule has 1 amide bonds. The maximum Gasteiger partial charge on any atom is 0.222 e. The smallest absolute Gasteiger partial charge is 0.222 e. The van der Waals surface area contributed by atoms with Crippen molar-refractivity contribution in [1.29, 1.82) is 0 Å². The lowest BCUT2D eigenvalue weighted by Crippen LogP contribution is -2.39. The fourth-order valence-corrected chi connectivity index (χ4v) is 4.39. The molecule has 2 rings (SSSR count). The number of carbonyl (C=O) groups is 1. The summed E-state index contributed by atoms with van der Waals surface area (Å²) >= 11 is 0. The molecule has 1 atom stereocenters. The van der Waals surface area contributed by atoms with Crippen molar-refractivity contribution < 1.29 is 4.79 Å². The van der Waals surface area contributed by atoms with Crippen LogP contribution in [0.5, 0.6) is 0 Å². The van der Waals surface area contributed by atoms with E-state index in [4.69, 9.17) is 0 Å². The highest BCUT2D eigenvalue weighted by Crippen LogP contribution is 2.25. The van der Waals surface area contributed by atoms with Gasteiger partial charge in [-0.15, -0.1) is 0 Å². The Kier molecular flexibility index (Phi) is 10.5. The first kappa shape index (κ1) is 23.7. The van der Waals surface area contributed by atoms with Crippen LogP contribution in [0.4, 0.5) is 5.69 Å². The third kappa shape index (κ3) is 9.20. The highest BCUT2D eigenvalue weighted by molar-refractivity contribution is 5.76. The van der Waals surface area contributed by atoms with Crippen LogP contribution in [0.1, 0.15) is 72.6 Å². The van der Waals surface area contributed by atoms with Crippen molar-refractivity contribution in [1.82, 2.24) is 10.2 Å². The van der Waals surface area contributed by atoms with Crippen molar-refractivity contribution in [3.63, 3.8) is 0 Å². The Hall–Kier alpha value is -1.55. The van der Waals surface area contributed by atoms with E-state index >= 15 is 0 Å². The normalized spacial score (nSPS) is 16.4. The Bertz CT molecular complexity index is 565. The molecule has 0 bridgehead atoms. The first-order chi connectivity index (χ1) is 14.0. The first-order valence-corrected chi connectivity index (χ1v) is 11.8. The van der Waals surface area contributed by atoms with E-state index in [2.05, 4.69) is 67.5 Å². The molecule has 4 heteroatoms. The number of nitrogens with zero attached hydrogens (tertiary/aromatic N) is 1. The molecule has 1 aliphatic heterocycles. The molecule has 0 aliphatic carbocycles. The minimum Gasteiger partial charge on any atom is -0.385 e. The van der Waals surface area contributed by atoms with Gasteiger partial charge in [0, 0.05) is 43.8 Å². The second-order valence-corrected chi connectivity index (χ2v) is 9.31. The molecule has 0 saturated carbocycles. The lowest BCUT2D eigenvalue weighted by molar-refractivity contribution is -0.132. The largest absolute Gasteiger partial charge is 0.385 e. The highest BCUT2D eigenvalue weighted by Gasteiger charge is 2.24. The van der Waals surface area contributed by atoms with Crippen LogP contribution in [0.2, 0.25) is 0 Å². The Labute approximate surface area is 178 Å². The molecule has 1 aromatic rings. The van der Waals surface area contributed by atoms with Crippen LogP contribution in [0.15, 0.2) is 30.3 Å². The number of para-hydroxylation sites is 1. The van der Waals surface area contributed by atoms with Gasteiger partial charge in [-0.25, -0.2) is 0 Å². The van der Waals surface area contributed by atoms with Crippen LogP contribution in [0, 0.1) is 11.8 Å². The van der Waals surface area contributed by atoms with E-state index in [1.54, 1.807) is 0 Å². The second-order valence-electron chi connectivity index (χ2n) is 9.31. The zero-order valence-corrected chi connectivity index (χ0v) is 19.1. The minimum atomic E-state index is 0.362. The highest BCUT2D eigenvalue weighted by atomic mass is 16.2. The number of hydrogen-bond acceptors (Lipinski definition) is 3. The van der Waals surface area contributed by atoms with E-state index in [0.717, 1.165) is 57.2 Å². The van der Waals surface area contributed by atoms with Gasteiger partial charge in [0.05, 0.1) is 0 Å². The van der Waals surface area contributed by atoms with Crippen molar-refractivity contribution in [3.05, 3.63) is 30.3 Å². The monoisotopic (exact) mass is 401 g/mol. The maximum absolute atomic E-state index is 12.6. The Balaban J connectivity index is 1.65. The van der Waals surface area contributed by atoms with Crippen LogP contribution in [-0.4, -0.2) is 42.5 Å². The molecule has 4 nitrogen and oxygen atoms in total. The molecule has 1 unspecified atom stereocenters. The fraction of sp³-hybridized carbons (Fsp3) is 0.720. The number of amides is 1. The molecule has 0 aromatic heterocycles. The fourth-order valence-electron chi connectivity index (χ4n) is 4.39. The summed E-state index contributed by atoms with van der Waals surface area (Å²) in [6.45, 7) is 11.9. The van der Waals surface area contributed by atoms with Crippen LogP contribution >= 0.6 is 0 Å².